The Hall–Kier alpha value is 0.137. The van der Waals surface area contributed by atoms with Gasteiger partial charge in [-0.05, 0) is 32.6 Å². The highest BCUT2D eigenvalue weighted by molar-refractivity contribution is 6.72. The van der Waals surface area contributed by atoms with Crippen LogP contribution >= 0.6 is 0 Å². The third kappa shape index (κ3) is 4.05. The lowest BCUT2D eigenvalue weighted by atomic mass is 9.91. The molecule has 2 nitrogen and oxygen atoms in total. The van der Waals surface area contributed by atoms with Gasteiger partial charge in [-0.1, -0.05) is 44.9 Å². The Labute approximate surface area is 120 Å². The predicted octanol–water partition coefficient (Wildman–Crippen LogP) is 4.77. The number of hydrogen-bond acceptors (Lipinski definition) is 2. The summed E-state index contributed by atoms with van der Waals surface area (Å²) in [5, 5.41) is 0. The van der Waals surface area contributed by atoms with E-state index >= 15 is 0 Å². The molecule has 0 aliphatic heterocycles. The van der Waals surface area contributed by atoms with E-state index in [2.05, 4.69) is 19.9 Å². The molecule has 1 radical (unpaired) electrons. The van der Waals surface area contributed by atoms with Crippen molar-refractivity contribution in [2.45, 2.75) is 77.2 Å². The minimum atomic E-state index is -2.07. The van der Waals surface area contributed by atoms with Crippen molar-refractivity contribution < 1.29 is 8.85 Å². The first-order chi connectivity index (χ1) is 9.30. The van der Waals surface area contributed by atoms with Crippen LogP contribution in [0.3, 0.4) is 0 Å². The lowest BCUT2D eigenvalue weighted by molar-refractivity contribution is 0.173. The molecule has 0 aromatic heterocycles. The number of hydrogen-bond donors (Lipinski definition) is 0. The molecule has 0 saturated heterocycles. The average Bonchev–Trinajstić information content (AvgIpc) is 2.95. The van der Waals surface area contributed by atoms with Gasteiger partial charge < -0.3 is 8.85 Å². The van der Waals surface area contributed by atoms with Crippen LogP contribution in [-0.4, -0.2) is 21.8 Å². The third-order valence-corrected chi connectivity index (χ3v) is 8.91. The van der Waals surface area contributed by atoms with Gasteiger partial charge >= 0.3 is 8.56 Å². The molecule has 0 atom stereocenters. The van der Waals surface area contributed by atoms with Gasteiger partial charge in [-0.15, -0.1) is 0 Å². The minimum Gasteiger partial charge on any atom is -0.394 e. The molecule has 2 aliphatic carbocycles. The standard InChI is InChI=1S/C16H31O2Si/c1-3-17-19(18-4-2,16-12-8-9-13-16)14-15-10-6-5-7-11-15/h14-16H,3-13H2,1-2H3. The maximum atomic E-state index is 6.32. The molecule has 2 saturated carbocycles. The van der Waals surface area contributed by atoms with Crippen molar-refractivity contribution in [3.05, 3.63) is 6.04 Å². The maximum absolute atomic E-state index is 6.32. The van der Waals surface area contributed by atoms with Crippen molar-refractivity contribution in [3.8, 4) is 0 Å². The van der Waals surface area contributed by atoms with E-state index < -0.39 is 8.56 Å². The van der Waals surface area contributed by atoms with E-state index in [-0.39, 0.29) is 0 Å². The maximum Gasteiger partial charge on any atom is 0.345 e. The Morgan fingerprint density at radius 3 is 1.89 bits per heavy atom. The van der Waals surface area contributed by atoms with Crippen LogP contribution in [0.2, 0.25) is 5.54 Å². The summed E-state index contributed by atoms with van der Waals surface area (Å²) in [5.74, 6) is 0.763. The van der Waals surface area contributed by atoms with Crippen LogP contribution in [0.4, 0.5) is 0 Å². The highest BCUT2D eigenvalue weighted by Crippen LogP contribution is 2.44. The highest BCUT2D eigenvalue weighted by Gasteiger charge is 2.48. The van der Waals surface area contributed by atoms with Crippen molar-refractivity contribution in [1.29, 1.82) is 0 Å². The molecule has 3 heteroatoms. The Morgan fingerprint density at radius 2 is 1.37 bits per heavy atom. The average molecular weight is 284 g/mol. The highest BCUT2D eigenvalue weighted by atomic mass is 28.4. The fourth-order valence-electron chi connectivity index (χ4n) is 3.92. The second-order valence-electron chi connectivity index (χ2n) is 6.13. The predicted molar refractivity (Wildman–Crippen MR) is 82.1 cm³/mol. The summed E-state index contributed by atoms with van der Waals surface area (Å²) >= 11 is 0. The van der Waals surface area contributed by atoms with Gasteiger partial charge in [0.2, 0.25) is 0 Å². The molecular weight excluding hydrogens is 252 g/mol. The van der Waals surface area contributed by atoms with E-state index in [1.54, 1.807) is 0 Å². The van der Waals surface area contributed by atoms with E-state index in [1.165, 1.54) is 57.8 Å². The Bertz CT molecular complexity index is 239. The molecule has 0 aromatic rings. The van der Waals surface area contributed by atoms with Gasteiger partial charge in [0.15, 0.2) is 0 Å². The molecule has 0 N–H and O–H groups in total. The van der Waals surface area contributed by atoms with E-state index in [0.29, 0.717) is 5.54 Å². The first-order valence-electron chi connectivity index (χ1n) is 8.44. The van der Waals surface area contributed by atoms with Crippen molar-refractivity contribution in [2.24, 2.45) is 5.92 Å². The first kappa shape index (κ1) is 15.5. The summed E-state index contributed by atoms with van der Waals surface area (Å²) < 4.78 is 12.6. The third-order valence-electron chi connectivity index (χ3n) is 4.78. The molecule has 2 fully saturated rings. The van der Waals surface area contributed by atoms with Crippen molar-refractivity contribution >= 4 is 8.56 Å². The van der Waals surface area contributed by atoms with Crippen molar-refractivity contribution in [1.82, 2.24) is 0 Å². The number of rotatable bonds is 7. The zero-order valence-electron chi connectivity index (χ0n) is 12.8. The Kier molecular flexibility index (Phi) is 6.37. The smallest absolute Gasteiger partial charge is 0.345 e. The fourth-order valence-corrected chi connectivity index (χ4v) is 8.04. The largest absolute Gasteiger partial charge is 0.394 e. The molecule has 0 heterocycles. The van der Waals surface area contributed by atoms with Crippen LogP contribution < -0.4 is 0 Å². The first-order valence-corrected chi connectivity index (χ1v) is 10.4. The Balaban J connectivity index is 2.05. The van der Waals surface area contributed by atoms with Gasteiger partial charge in [0.05, 0.1) is 0 Å². The second kappa shape index (κ2) is 7.80. The van der Waals surface area contributed by atoms with Crippen molar-refractivity contribution in [2.75, 3.05) is 13.2 Å². The van der Waals surface area contributed by atoms with Crippen LogP contribution in [-0.2, 0) is 8.85 Å². The summed E-state index contributed by atoms with van der Waals surface area (Å²) in [4.78, 5) is 0. The summed E-state index contributed by atoms with van der Waals surface area (Å²) in [5.41, 5.74) is 0.717. The van der Waals surface area contributed by atoms with Crippen LogP contribution in [0.15, 0.2) is 0 Å². The summed E-state index contributed by atoms with van der Waals surface area (Å²) in [6.07, 6.45) is 12.3. The van der Waals surface area contributed by atoms with Crippen LogP contribution in [0.25, 0.3) is 0 Å². The molecule has 0 spiro atoms. The van der Waals surface area contributed by atoms with Crippen LogP contribution in [0.5, 0.6) is 0 Å². The Morgan fingerprint density at radius 1 is 0.842 bits per heavy atom. The quantitative estimate of drug-likeness (QED) is 0.627. The molecule has 0 unspecified atom stereocenters. The van der Waals surface area contributed by atoms with Gasteiger partial charge in [0, 0.05) is 24.8 Å². The SMILES string of the molecule is CCO[Si]([CH]C1CCCCC1)(OCC)C1CCCC1. The molecule has 19 heavy (non-hydrogen) atoms. The van der Waals surface area contributed by atoms with Gasteiger partial charge in [0.25, 0.3) is 0 Å². The second-order valence-corrected chi connectivity index (χ2v) is 9.30. The van der Waals surface area contributed by atoms with Gasteiger partial charge in [-0.2, -0.15) is 0 Å². The molecule has 2 rings (SSSR count). The zero-order chi connectivity index (χ0) is 13.6. The summed E-state index contributed by atoms with van der Waals surface area (Å²) in [6.45, 7) is 5.88. The monoisotopic (exact) mass is 283 g/mol. The summed E-state index contributed by atoms with van der Waals surface area (Å²) in [7, 11) is -2.07. The van der Waals surface area contributed by atoms with Crippen molar-refractivity contribution in [3.63, 3.8) is 0 Å². The normalized spacial score (nSPS) is 23.1. The summed E-state index contributed by atoms with van der Waals surface area (Å²) in [6, 6.07) is 2.59. The lowest BCUT2D eigenvalue weighted by Gasteiger charge is -2.38. The van der Waals surface area contributed by atoms with E-state index in [0.717, 1.165) is 19.1 Å². The molecule has 0 aromatic carbocycles. The van der Waals surface area contributed by atoms with Gasteiger partial charge in [-0.25, -0.2) is 0 Å². The van der Waals surface area contributed by atoms with Gasteiger partial charge in [-0.3, -0.25) is 0 Å². The molecule has 2 aliphatic rings. The van der Waals surface area contributed by atoms with Gasteiger partial charge in [0.1, 0.15) is 0 Å². The topological polar surface area (TPSA) is 18.5 Å². The minimum absolute atomic E-state index is 0.717. The molecule has 111 valence electrons. The van der Waals surface area contributed by atoms with Crippen LogP contribution in [0.1, 0.15) is 71.6 Å². The van der Waals surface area contributed by atoms with E-state index in [9.17, 15) is 0 Å². The fraction of sp³-hybridized carbons (Fsp3) is 0.938. The molecule has 0 bridgehead atoms. The van der Waals surface area contributed by atoms with E-state index in [4.69, 9.17) is 8.85 Å². The van der Waals surface area contributed by atoms with E-state index in [1.807, 2.05) is 0 Å². The lowest BCUT2D eigenvalue weighted by Crippen LogP contribution is -2.49. The van der Waals surface area contributed by atoms with Crippen LogP contribution in [0, 0.1) is 12.0 Å². The molecular formula is C16H31O2Si. The zero-order valence-corrected chi connectivity index (χ0v) is 13.8. The molecule has 0 amide bonds.